The second-order valence-electron chi connectivity index (χ2n) is 6.34. The van der Waals surface area contributed by atoms with Crippen LogP contribution in [-0.4, -0.2) is 25.5 Å². The van der Waals surface area contributed by atoms with Crippen LogP contribution in [0.1, 0.15) is 23.4 Å². The molecule has 0 saturated heterocycles. The van der Waals surface area contributed by atoms with E-state index >= 15 is 0 Å². The summed E-state index contributed by atoms with van der Waals surface area (Å²) in [5.74, 6) is -0.746. The Morgan fingerprint density at radius 2 is 2.00 bits per heavy atom. The van der Waals surface area contributed by atoms with Crippen molar-refractivity contribution >= 4 is 23.3 Å². The lowest BCUT2D eigenvalue weighted by Crippen LogP contribution is -2.17. The highest BCUT2D eigenvalue weighted by Crippen LogP contribution is 2.28. The zero-order chi connectivity index (χ0) is 21.2. The van der Waals surface area contributed by atoms with Gasteiger partial charge in [-0.3, -0.25) is 14.2 Å². The van der Waals surface area contributed by atoms with Crippen LogP contribution in [-0.2, 0) is 24.1 Å². The van der Waals surface area contributed by atoms with E-state index < -0.39 is 17.8 Å². The summed E-state index contributed by atoms with van der Waals surface area (Å²) in [5.41, 5.74) is -0.0475. The smallest absolute Gasteiger partial charge is 0.308 e. The van der Waals surface area contributed by atoms with Crippen molar-refractivity contribution in [3.8, 4) is 0 Å². The number of rotatable bonds is 6. The van der Waals surface area contributed by atoms with E-state index in [2.05, 4.69) is 15.5 Å². The summed E-state index contributed by atoms with van der Waals surface area (Å²) in [6.07, 6.45) is -3.18. The van der Waals surface area contributed by atoms with Gasteiger partial charge in [0.2, 0.25) is 5.91 Å². The maximum atomic E-state index is 13.3. The Bertz CT molecular complexity index is 1030. The van der Waals surface area contributed by atoms with E-state index in [1.807, 2.05) is 0 Å². The fourth-order valence-corrected chi connectivity index (χ4v) is 2.86. The Kier molecular flexibility index (Phi) is 5.92. The molecular formula is C18H16ClF4N5O. The number of aryl methyl sites for hydroxylation is 2. The van der Waals surface area contributed by atoms with Crippen molar-refractivity contribution in [1.82, 2.24) is 19.6 Å². The van der Waals surface area contributed by atoms with Gasteiger partial charge in [-0.2, -0.15) is 23.4 Å². The van der Waals surface area contributed by atoms with E-state index in [0.29, 0.717) is 11.3 Å². The molecule has 0 aliphatic carbocycles. The van der Waals surface area contributed by atoms with Crippen LogP contribution in [0.2, 0.25) is 5.02 Å². The van der Waals surface area contributed by atoms with E-state index in [-0.39, 0.29) is 36.2 Å². The summed E-state index contributed by atoms with van der Waals surface area (Å²) in [5, 5.41) is 10.3. The lowest BCUT2D eigenvalue weighted by Gasteiger charge is -2.06. The lowest BCUT2D eigenvalue weighted by molar-refractivity contribution is -0.141. The summed E-state index contributed by atoms with van der Waals surface area (Å²) in [6.45, 7) is 1.69. The highest BCUT2D eigenvalue weighted by Gasteiger charge is 2.34. The number of nitrogens with zero attached hydrogens (tertiary/aromatic N) is 4. The van der Waals surface area contributed by atoms with Gasteiger partial charge in [0, 0.05) is 24.9 Å². The van der Waals surface area contributed by atoms with Crippen LogP contribution in [0.4, 0.5) is 23.4 Å². The molecule has 2 aromatic heterocycles. The van der Waals surface area contributed by atoms with Crippen molar-refractivity contribution in [2.24, 2.45) is 0 Å². The van der Waals surface area contributed by atoms with Crippen LogP contribution >= 0.6 is 11.6 Å². The molecule has 0 radical (unpaired) electrons. The van der Waals surface area contributed by atoms with E-state index in [4.69, 9.17) is 11.6 Å². The largest absolute Gasteiger partial charge is 0.435 e. The first-order valence-electron chi connectivity index (χ1n) is 8.51. The van der Waals surface area contributed by atoms with Crippen molar-refractivity contribution in [3.63, 3.8) is 0 Å². The molecule has 0 bridgehead atoms. The molecule has 0 aliphatic rings. The van der Waals surface area contributed by atoms with Gasteiger partial charge in [0.25, 0.3) is 0 Å². The molecule has 0 spiro atoms. The third kappa shape index (κ3) is 5.35. The molecule has 29 heavy (non-hydrogen) atoms. The normalized spacial score (nSPS) is 11.7. The monoisotopic (exact) mass is 429 g/mol. The van der Waals surface area contributed by atoms with Gasteiger partial charge in [-0.1, -0.05) is 23.7 Å². The lowest BCUT2D eigenvalue weighted by atomic mass is 10.2. The van der Waals surface area contributed by atoms with Crippen molar-refractivity contribution in [2.45, 2.75) is 32.6 Å². The van der Waals surface area contributed by atoms with Gasteiger partial charge in [0.05, 0.1) is 6.54 Å². The van der Waals surface area contributed by atoms with Gasteiger partial charge < -0.3 is 5.32 Å². The number of nitrogens with one attached hydrogen (secondary N) is 1. The molecule has 3 rings (SSSR count). The van der Waals surface area contributed by atoms with Crippen molar-refractivity contribution in [1.29, 1.82) is 0 Å². The Labute approximate surface area is 168 Å². The zero-order valence-electron chi connectivity index (χ0n) is 15.2. The number of anilines is 1. The molecule has 3 aromatic rings. The maximum absolute atomic E-state index is 13.3. The summed E-state index contributed by atoms with van der Waals surface area (Å²) in [6, 6.07) is 6.89. The zero-order valence-corrected chi connectivity index (χ0v) is 15.9. The first-order chi connectivity index (χ1) is 13.6. The van der Waals surface area contributed by atoms with Crippen molar-refractivity contribution in [2.75, 3.05) is 5.32 Å². The molecule has 0 fully saturated rings. The number of hydrogen-bond donors (Lipinski definition) is 1. The Balaban J connectivity index is 1.60. The molecule has 0 atom stereocenters. The van der Waals surface area contributed by atoms with Crippen molar-refractivity contribution in [3.05, 3.63) is 64.3 Å². The maximum Gasteiger partial charge on any atom is 0.435 e. The standard InChI is InChI=1S/C18H16ClF4N5O/c1-11-7-15(18(21,22)23)25-28(11)6-5-16(29)24-17-14(19)10-27(26-17)9-12-3-2-4-13(20)8-12/h2-4,7-8,10H,5-6,9H2,1H3,(H,24,26,29). The van der Waals surface area contributed by atoms with E-state index in [0.717, 1.165) is 10.7 Å². The number of hydrogen-bond acceptors (Lipinski definition) is 3. The number of amides is 1. The number of carbonyl (C=O) groups excluding carboxylic acids is 1. The molecule has 2 heterocycles. The molecule has 154 valence electrons. The van der Waals surface area contributed by atoms with Gasteiger partial charge in [0.15, 0.2) is 11.5 Å². The summed E-state index contributed by atoms with van der Waals surface area (Å²) in [7, 11) is 0. The van der Waals surface area contributed by atoms with E-state index in [1.54, 1.807) is 12.1 Å². The molecular weight excluding hydrogens is 414 g/mol. The van der Waals surface area contributed by atoms with Crippen LogP contribution in [0.5, 0.6) is 0 Å². The third-order valence-electron chi connectivity index (χ3n) is 4.03. The Morgan fingerprint density at radius 1 is 1.24 bits per heavy atom. The van der Waals surface area contributed by atoms with Crippen LogP contribution < -0.4 is 5.32 Å². The minimum atomic E-state index is -4.54. The van der Waals surface area contributed by atoms with Crippen LogP contribution in [0, 0.1) is 12.7 Å². The average molecular weight is 430 g/mol. The predicted molar refractivity (Wildman–Crippen MR) is 98.0 cm³/mol. The van der Waals surface area contributed by atoms with Gasteiger partial charge in [-0.25, -0.2) is 4.39 Å². The molecule has 0 aliphatic heterocycles. The second-order valence-corrected chi connectivity index (χ2v) is 6.75. The topological polar surface area (TPSA) is 64.7 Å². The molecule has 6 nitrogen and oxygen atoms in total. The molecule has 0 saturated carbocycles. The molecule has 0 unspecified atom stereocenters. The highest BCUT2D eigenvalue weighted by molar-refractivity contribution is 6.33. The number of benzene rings is 1. The SMILES string of the molecule is Cc1cc(C(F)(F)F)nn1CCC(=O)Nc1nn(Cc2cccc(F)c2)cc1Cl. The fourth-order valence-electron chi connectivity index (χ4n) is 2.66. The average Bonchev–Trinajstić information content (AvgIpc) is 3.15. The number of alkyl halides is 3. The van der Waals surface area contributed by atoms with Crippen LogP contribution in [0.15, 0.2) is 36.5 Å². The molecule has 1 aromatic carbocycles. The van der Waals surface area contributed by atoms with E-state index in [9.17, 15) is 22.4 Å². The number of aromatic nitrogens is 4. The summed E-state index contributed by atoms with van der Waals surface area (Å²) < 4.78 is 53.9. The quantitative estimate of drug-likeness (QED) is 0.595. The van der Waals surface area contributed by atoms with Gasteiger partial charge >= 0.3 is 6.18 Å². The second kappa shape index (κ2) is 8.24. The first kappa shape index (κ1) is 20.8. The van der Waals surface area contributed by atoms with Gasteiger partial charge in [-0.15, -0.1) is 0 Å². The first-order valence-corrected chi connectivity index (χ1v) is 8.88. The summed E-state index contributed by atoms with van der Waals surface area (Å²) >= 11 is 6.07. The van der Waals surface area contributed by atoms with Crippen molar-refractivity contribution < 1.29 is 22.4 Å². The van der Waals surface area contributed by atoms with E-state index in [1.165, 1.54) is 29.9 Å². The van der Waals surface area contributed by atoms with Gasteiger partial charge in [-0.05, 0) is 30.7 Å². The molecule has 11 heteroatoms. The number of carbonyl (C=O) groups is 1. The van der Waals surface area contributed by atoms with Crippen LogP contribution in [0.3, 0.4) is 0 Å². The Hall–Kier alpha value is -2.88. The highest BCUT2D eigenvalue weighted by atomic mass is 35.5. The fraction of sp³-hybridized carbons (Fsp3) is 0.278. The minimum absolute atomic E-state index is 0.0324. The minimum Gasteiger partial charge on any atom is -0.308 e. The Morgan fingerprint density at radius 3 is 2.66 bits per heavy atom. The molecule has 1 N–H and O–H groups in total. The third-order valence-corrected chi connectivity index (χ3v) is 4.31. The molecule has 1 amide bonds. The van der Waals surface area contributed by atoms with Crippen LogP contribution in [0.25, 0.3) is 0 Å². The predicted octanol–water partition coefficient (Wildman–Crippen LogP) is 4.28. The number of halogens is 5. The van der Waals surface area contributed by atoms with Gasteiger partial charge in [0.1, 0.15) is 10.8 Å². The summed E-state index contributed by atoms with van der Waals surface area (Å²) in [4.78, 5) is 12.1.